The van der Waals surface area contributed by atoms with Gasteiger partial charge in [-0.05, 0) is 38.3 Å². The maximum atomic E-state index is 11.0. The van der Waals surface area contributed by atoms with E-state index in [1.807, 2.05) is 6.07 Å². The molecule has 0 bridgehead atoms. The molecule has 0 fully saturated rings. The van der Waals surface area contributed by atoms with Gasteiger partial charge in [0.15, 0.2) is 0 Å². The van der Waals surface area contributed by atoms with Crippen molar-refractivity contribution < 1.29 is 9.90 Å². The van der Waals surface area contributed by atoms with Gasteiger partial charge in [0.05, 0.1) is 11.4 Å². The third-order valence-corrected chi connectivity index (χ3v) is 3.64. The van der Waals surface area contributed by atoms with Crippen molar-refractivity contribution >= 4 is 16.9 Å². The van der Waals surface area contributed by atoms with Crippen molar-refractivity contribution in [3.05, 3.63) is 35.5 Å². The van der Waals surface area contributed by atoms with E-state index in [2.05, 4.69) is 43.7 Å². The monoisotopic (exact) mass is 259 g/mol. The van der Waals surface area contributed by atoms with E-state index in [4.69, 9.17) is 5.11 Å². The second-order valence-corrected chi connectivity index (χ2v) is 5.57. The number of carboxylic acid groups (broad SMARTS) is 1. The second kappa shape index (κ2) is 5.08. The van der Waals surface area contributed by atoms with Crippen LogP contribution in [0.2, 0.25) is 0 Å². The van der Waals surface area contributed by atoms with Gasteiger partial charge in [-0.1, -0.05) is 25.1 Å². The molecule has 0 radical (unpaired) electrons. The predicted octanol–water partition coefficient (Wildman–Crippen LogP) is 3.79. The van der Waals surface area contributed by atoms with Gasteiger partial charge in [0.25, 0.3) is 0 Å². The quantitative estimate of drug-likeness (QED) is 0.907. The summed E-state index contributed by atoms with van der Waals surface area (Å²) in [5.74, 6) is -1.09. The number of rotatable bonds is 4. The molecule has 1 N–H and O–H groups in total. The molecule has 2 aromatic rings. The number of para-hydroxylation sites is 1. The van der Waals surface area contributed by atoms with E-state index in [0.717, 1.165) is 5.56 Å². The fourth-order valence-electron chi connectivity index (χ4n) is 2.55. The minimum Gasteiger partial charge on any atom is -0.481 e. The van der Waals surface area contributed by atoms with E-state index in [0.29, 0.717) is 12.5 Å². The van der Waals surface area contributed by atoms with Gasteiger partial charge in [0, 0.05) is 17.6 Å². The van der Waals surface area contributed by atoms with Crippen LogP contribution in [-0.4, -0.2) is 15.6 Å². The van der Waals surface area contributed by atoms with Gasteiger partial charge in [0.2, 0.25) is 0 Å². The number of aromatic nitrogens is 1. The summed E-state index contributed by atoms with van der Waals surface area (Å²) in [6.45, 7) is 8.16. The number of aliphatic carboxylic acids is 1. The standard InChI is InChI=1S/C16H21NO2/c1-10(2)17-9-13(8-12(4)16(18)19)14-7-5-6-11(3)15(14)17/h5-7,9-10,12H,8H2,1-4H3,(H,18,19). The third kappa shape index (κ3) is 2.50. The molecule has 1 unspecified atom stereocenters. The largest absolute Gasteiger partial charge is 0.481 e. The zero-order chi connectivity index (χ0) is 14.2. The first-order chi connectivity index (χ1) is 8.91. The van der Waals surface area contributed by atoms with E-state index in [1.54, 1.807) is 6.92 Å². The summed E-state index contributed by atoms with van der Waals surface area (Å²) >= 11 is 0. The van der Waals surface area contributed by atoms with E-state index in [-0.39, 0.29) is 5.92 Å². The third-order valence-electron chi connectivity index (χ3n) is 3.64. The van der Waals surface area contributed by atoms with Crippen LogP contribution in [0.15, 0.2) is 24.4 Å². The van der Waals surface area contributed by atoms with Gasteiger partial charge in [-0.2, -0.15) is 0 Å². The lowest BCUT2D eigenvalue weighted by atomic mass is 10.00. The SMILES string of the molecule is Cc1cccc2c(CC(C)C(=O)O)cn(C(C)C)c12. The molecule has 0 saturated carbocycles. The molecule has 2 rings (SSSR count). The number of benzene rings is 1. The zero-order valence-electron chi connectivity index (χ0n) is 12.0. The molecule has 102 valence electrons. The van der Waals surface area contributed by atoms with Crippen molar-refractivity contribution in [2.24, 2.45) is 5.92 Å². The Labute approximate surface area is 113 Å². The Kier molecular flexibility index (Phi) is 3.65. The zero-order valence-corrected chi connectivity index (χ0v) is 12.0. The van der Waals surface area contributed by atoms with Gasteiger partial charge in [-0.15, -0.1) is 0 Å². The lowest BCUT2D eigenvalue weighted by Gasteiger charge is -2.10. The highest BCUT2D eigenvalue weighted by atomic mass is 16.4. The molecule has 0 amide bonds. The fourth-order valence-corrected chi connectivity index (χ4v) is 2.55. The summed E-state index contributed by atoms with van der Waals surface area (Å²) in [5, 5.41) is 10.3. The molecule has 0 aliphatic heterocycles. The van der Waals surface area contributed by atoms with E-state index < -0.39 is 5.97 Å². The molecule has 0 aliphatic rings. The van der Waals surface area contributed by atoms with Gasteiger partial charge in [-0.25, -0.2) is 0 Å². The van der Waals surface area contributed by atoms with Crippen molar-refractivity contribution in [1.82, 2.24) is 4.57 Å². The average Bonchev–Trinajstić information content (AvgIpc) is 2.70. The van der Waals surface area contributed by atoms with Crippen molar-refractivity contribution in [2.75, 3.05) is 0 Å². The fraction of sp³-hybridized carbons (Fsp3) is 0.438. The Morgan fingerprint density at radius 3 is 2.58 bits per heavy atom. The van der Waals surface area contributed by atoms with Crippen LogP contribution < -0.4 is 0 Å². The number of fused-ring (bicyclic) bond motifs is 1. The predicted molar refractivity (Wildman–Crippen MR) is 77.6 cm³/mol. The summed E-state index contributed by atoms with van der Waals surface area (Å²) in [4.78, 5) is 11.0. The summed E-state index contributed by atoms with van der Waals surface area (Å²) < 4.78 is 2.24. The molecule has 0 spiro atoms. The number of nitrogens with zero attached hydrogens (tertiary/aromatic N) is 1. The van der Waals surface area contributed by atoms with Crippen molar-refractivity contribution in [3.8, 4) is 0 Å². The lowest BCUT2D eigenvalue weighted by molar-refractivity contribution is -0.141. The maximum absolute atomic E-state index is 11.0. The first-order valence-electron chi connectivity index (χ1n) is 6.73. The van der Waals surface area contributed by atoms with Gasteiger partial charge in [0.1, 0.15) is 0 Å². The number of carboxylic acids is 1. The minimum atomic E-state index is -0.738. The van der Waals surface area contributed by atoms with Gasteiger partial charge >= 0.3 is 5.97 Å². The highest BCUT2D eigenvalue weighted by Gasteiger charge is 2.17. The smallest absolute Gasteiger partial charge is 0.306 e. The van der Waals surface area contributed by atoms with Crippen molar-refractivity contribution in [2.45, 2.75) is 40.2 Å². The normalized spacial score (nSPS) is 13.1. The van der Waals surface area contributed by atoms with Gasteiger partial charge in [-0.3, -0.25) is 4.79 Å². The Balaban J connectivity index is 2.57. The number of carbonyl (C=O) groups is 1. The number of hydrogen-bond donors (Lipinski definition) is 1. The second-order valence-electron chi connectivity index (χ2n) is 5.57. The topological polar surface area (TPSA) is 42.2 Å². The van der Waals surface area contributed by atoms with E-state index in [1.165, 1.54) is 16.5 Å². The molecule has 0 aliphatic carbocycles. The van der Waals surface area contributed by atoms with Crippen LogP contribution in [-0.2, 0) is 11.2 Å². The van der Waals surface area contributed by atoms with Crippen LogP contribution in [0.25, 0.3) is 10.9 Å². The Hall–Kier alpha value is -1.77. The molecule has 3 nitrogen and oxygen atoms in total. The van der Waals surface area contributed by atoms with Crippen LogP contribution in [0.4, 0.5) is 0 Å². The van der Waals surface area contributed by atoms with Crippen molar-refractivity contribution in [3.63, 3.8) is 0 Å². The number of aryl methyl sites for hydroxylation is 1. The molecule has 1 aromatic carbocycles. The van der Waals surface area contributed by atoms with E-state index in [9.17, 15) is 4.79 Å². The summed E-state index contributed by atoms with van der Waals surface area (Å²) in [5.41, 5.74) is 3.59. The van der Waals surface area contributed by atoms with Crippen LogP contribution in [0.3, 0.4) is 0 Å². The molecular formula is C16H21NO2. The first kappa shape index (κ1) is 13.7. The van der Waals surface area contributed by atoms with Crippen LogP contribution >= 0.6 is 0 Å². The van der Waals surface area contributed by atoms with Gasteiger partial charge < -0.3 is 9.67 Å². The minimum absolute atomic E-state index is 0.355. The first-order valence-corrected chi connectivity index (χ1v) is 6.73. The molecule has 19 heavy (non-hydrogen) atoms. The lowest BCUT2D eigenvalue weighted by Crippen LogP contribution is -2.12. The molecule has 1 aromatic heterocycles. The molecular weight excluding hydrogens is 238 g/mol. The maximum Gasteiger partial charge on any atom is 0.306 e. The van der Waals surface area contributed by atoms with Crippen LogP contribution in [0, 0.1) is 12.8 Å². The molecule has 1 heterocycles. The Morgan fingerprint density at radius 1 is 1.32 bits per heavy atom. The molecule has 0 saturated heterocycles. The highest BCUT2D eigenvalue weighted by Crippen LogP contribution is 2.29. The Bertz CT molecular complexity index is 610. The van der Waals surface area contributed by atoms with Crippen molar-refractivity contribution in [1.29, 1.82) is 0 Å². The molecule has 3 heteroatoms. The summed E-state index contributed by atoms with van der Waals surface area (Å²) in [6.07, 6.45) is 2.69. The van der Waals surface area contributed by atoms with Crippen LogP contribution in [0.1, 0.15) is 37.9 Å². The highest BCUT2D eigenvalue weighted by molar-refractivity contribution is 5.87. The Morgan fingerprint density at radius 2 is 2.00 bits per heavy atom. The summed E-state index contributed by atoms with van der Waals surface area (Å²) in [7, 11) is 0. The average molecular weight is 259 g/mol. The van der Waals surface area contributed by atoms with Crippen LogP contribution in [0.5, 0.6) is 0 Å². The molecule has 1 atom stereocenters. The number of hydrogen-bond acceptors (Lipinski definition) is 1. The summed E-state index contributed by atoms with van der Waals surface area (Å²) in [6, 6.07) is 6.60. The van der Waals surface area contributed by atoms with E-state index >= 15 is 0 Å².